The summed E-state index contributed by atoms with van der Waals surface area (Å²) in [5, 5.41) is 6.05. The molecule has 0 spiro atoms. The van der Waals surface area contributed by atoms with Gasteiger partial charge in [0.25, 0.3) is 5.91 Å². The number of nitrogens with one attached hydrogen (secondary N) is 2. The molecule has 4 nitrogen and oxygen atoms in total. The van der Waals surface area contributed by atoms with E-state index in [4.69, 9.17) is 0 Å². The maximum absolute atomic E-state index is 12.0. The molecule has 6 heteroatoms. The fourth-order valence-corrected chi connectivity index (χ4v) is 2.00. The number of amides is 1. The van der Waals surface area contributed by atoms with Crippen molar-refractivity contribution < 1.29 is 4.79 Å². The number of pyridine rings is 1. The number of thioether (sulfide) groups is 1. The van der Waals surface area contributed by atoms with Crippen molar-refractivity contribution in [3.05, 3.63) is 22.3 Å². The maximum atomic E-state index is 12.0. The Hall–Kier alpha value is -0.750. The van der Waals surface area contributed by atoms with Crippen LogP contribution in [0.1, 0.15) is 23.7 Å². The molecule has 2 N–H and O–H groups in total. The van der Waals surface area contributed by atoms with Crippen LogP contribution in [0.3, 0.4) is 0 Å². The molecule has 0 saturated heterocycles. The van der Waals surface area contributed by atoms with E-state index in [1.165, 1.54) is 0 Å². The molecule has 1 aromatic heterocycles. The topological polar surface area (TPSA) is 54.0 Å². The Kier molecular flexibility index (Phi) is 7.12. The fraction of sp³-hybridized carbons (Fsp3) is 0.500. The number of rotatable bonds is 7. The minimum absolute atomic E-state index is 0.0866. The Bertz CT molecular complexity index is 401. The van der Waals surface area contributed by atoms with Crippen molar-refractivity contribution in [1.29, 1.82) is 0 Å². The van der Waals surface area contributed by atoms with E-state index in [1.807, 2.05) is 6.26 Å². The quantitative estimate of drug-likeness (QED) is 0.754. The van der Waals surface area contributed by atoms with Gasteiger partial charge in [-0.05, 0) is 34.7 Å². The highest BCUT2D eigenvalue weighted by Crippen LogP contribution is 2.18. The monoisotopic (exact) mass is 331 g/mol. The average molecular weight is 332 g/mol. The number of anilines is 1. The number of aromatic nitrogens is 1. The molecule has 0 aromatic carbocycles. The van der Waals surface area contributed by atoms with E-state index in [-0.39, 0.29) is 5.91 Å². The molecule has 0 unspecified atom stereocenters. The molecule has 1 aromatic rings. The normalized spacial score (nSPS) is 10.2. The first kappa shape index (κ1) is 15.3. The third-order valence-electron chi connectivity index (χ3n) is 2.23. The van der Waals surface area contributed by atoms with Gasteiger partial charge in [0.2, 0.25) is 0 Å². The van der Waals surface area contributed by atoms with Crippen molar-refractivity contribution >= 4 is 39.4 Å². The molecule has 1 rings (SSSR count). The highest BCUT2D eigenvalue weighted by atomic mass is 79.9. The molecule has 1 amide bonds. The van der Waals surface area contributed by atoms with Crippen LogP contribution < -0.4 is 10.6 Å². The number of halogens is 1. The van der Waals surface area contributed by atoms with Gasteiger partial charge >= 0.3 is 0 Å². The summed E-state index contributed by atoms with van der Waals surface area (Å²) in [6, 6.07) is 1.79. The lowest BCUT2D eigenvalue weighted by molar-refractivity contribution is 0.0956. The zero-order valence-electron chi connectivity index (χ0n) is 10.6. The van der Waals surface area contributed by atoms with Gasteiger partial charge in [0.05, 0.1) is 5.56 Å². The second-order valence-corrected chi connectivity index (χ2v) is 5.63. The summed E-state index contributed by atoms with van der Waals surface area (Å²) in [6.07, 6.45) is 4.70. The summed E-state index contributed by atoms with van der Waals surface area (Å²) in [6.45, 7) is 3.55. The minimum Gasteiger partial charge on any atom is -0.369 e. The van der Waals surface area contributed by atoms with Gasteiger partial charge in [0.1, 0.15) is 5.82 Å². The molecule has 0 aliphatic rings. The van der Waals surface area contributed by atoms with Gasteiger partial charge in [-0.2, -0.15) is 11.8 Å². The molecule has 0 aliphatic heterocycles. The molecule has 0 saturated carbocycles. The van der Waals surface area contributed by atoms with Crippen LogP contribution in [0.4, 0.5) is 5.82 Å². The first-order valence-corrected chi connectivity index (χ1v) is 8.04. The summed E-state index contributed by atoms with van der Waals surface area (Å²) in [5.74, 6) is 1.46. The summed E-state index contributed by atoms with van der Waals surface area (Å²) < 4.78 is 0.805. The summed E-state index contributed by atoms with van der Waals surface area (Å²) in [7, 11) is 0. The largest absolute Gasteiger partial charge is 0.369 e. The Morgan fingerprint density at radius 1 is 1.50 bits per heavy atom. The fourth-order valence-electron chi connectivity index (χ4n) is 1.36. The predicted octanol–water partition coefficient (Wildman–Crippen LogP) is 2.76. The Morgan fingerprint density at radius 2 is 2.28 bits per heavy atom. The number of nitrogens with zero attached hydrogens (tertiary/aromatic N) is 1. The van der Waals surface area contributed by atoms with Crippen LogP contribution in [0.5, 0.6) is 0 Å². The van der Waals surface area contributed by atoms with Crippen molar-refractivity contribution in [3.63, 3.8) is 0 Å². The number of hydrogen-bond donors (Lipinski definition) is 2. The number of hydrogen-bond acceptors (Lipinski definition) is 4. The Labute approximate surface area is 120 Å². The lowest BCUT2D eigenvalue weighted by Crippen LogP contribution is -2.27. The third-order valence-corrected chi connectivity index (χ3v) is 3.28. The third kappa shape index (κ3) is 4.86. The van der Waals surface area contributed by atoms with Crippen molar-refractivity contribution in [2.75, 3.05) is 30.4 Å². The first-order valence-electron chi connectivity index (χ1n) is 5.85. The highest BCUT2D eigenvalue weighted by Gasteiger charge is 2.12. The standard InChI is InChI=1S/C12H18BrN3OS/c1-3-4-14-11-10(7-9(13)8-16-11)12(17)15-5-6-18-2/h7-8H,3-6H2,1-2H3,(H,14,16)(H,15,17). The Balaban J connectivity index is 2.76. The van der Waals surface area contributed by atoms with Crippen molar-refractivity contribution in [2.24, 2.45) is 0 Å². The zero-order valence-corrected chi connectivity index (χ0v) is 13.0. The molecule has 0 atom stereocenters. The van der Waals surface area contributed by atoms with Crippen molar-refractivity contribution in [2.45, 2.75) is 13.3 Å². The van der Waals surface area contributed by atoms with Crippen LogP contribution in [0, 0.1) is 0 Å². The second-order valence-electron chi connectivity index (χ2n) is 3.73. The van der Waals surface area contributed by atoms with E-state index in [0.717, 1.165) is 23.2 Å². The van der Waals surface area contributed by atoms with Gasteiger partial charge in [-0.25, -0.2) is 4.98 Å². The van der Waals surface area contributed by atoms with Gasteiger partial charge < -0.3 is 10.6 Å². The van der Waals surface area contributed by atoms with Gasteiger partial charge in [0, 0.05) is 29.5 Å². The molecule has 18 heavy (non-hydrogen) atoms. The van der Waals surface area contributed by atoms with Crippen LogP contribution in [0.25, 0.3) is 0 Å². The molecule has 0 radical (unpaired) electrons. The van der Waals surface area contributed by atoms with Crippen LogP contribution in [-0.4, -0.2) is 36.0 Å². The maximum Gasteiger partial charge on any atom is 0.255 e. The molecular weight excluding hydrogens is 314 g/mol. The van der Waals surface area contributed by atoms with Gasteiger partial charge in [-0.3, -0.25) is 4.79 Å². The minimum atomic E-state index is -0.0866. The average Bonchev–Trinajstić information content (AvgIpc) is 2.37. The van der Waals surface area contributed by atoms with Crippen LogP contribution in [0.2, 0.25) is 0 Å². The lowest BCUT2D eigenvalue weighted by atomic mass is 10.2. The van der Waals surface area contributed by atoms with E-state index >= 15 is 0 Å². The zero-order chi connectivity index (χ0) is 13.4. The predicted molar refractivity (Wildman–Crippen MR) is 81.4 cm³/mol. The molecular formula is C12H18BrN3OS. The number of carbonyl (C=O) groups excluding carboxylic acids is 1. The van der Waals surface area contributed by atoms with Gasteiger partial charge in [-0.1, -0.05) is 6.92 Å². The highest BCUT2D eigenvalue weighted by molar-refractivity contribution is 9.10. The van der Waals surface area contributed by atoms with E-state index < -0.39 is 0 Å². The van der Waals surface area contributed by atoms with Gasteiger partial charge in [-0.15, -0.1) is 0 Å². The van der Waals surface area contributed by atoms with Crippen LogP contribution >= 0.6 is 27.7 Å². The smallest absolute Gasteiger partial charge is 0.255 e. The molecule has 0 aliphatic carbocycles. The summed E-state index contributed by atoms with van der Waals surface area (Å²) >= 11 is 5.05. The van der Waals surface area contributed by atoms with Crippen molar-refractivity contribution in [1.82, 2.24) is 10.3 Å². The molecule has 0 bridgehead atoms. The number of carbonyl (C=O) groups is 1. The van der Waals surface area contributed by atoms with Crippen LogP contribution in [0.15, 0.2) is 16.7 Å². The summed E-state index contributed by atoms with van der Waals surface area (Å²) in [5.41, 5.74) is 0.582. The van der Waals surface area contributed by atoms with E-state index in [0.29, 0.717) is 17.9 Å². The van der Waals surface area contributed by atoms with E-state index in [2.05, 4.69) is 38.5 Å². The first-order chi connectivity index (χ1) is 8.69. The van der Waals surface area contributed by atoms with Crippen LogP contribution in [-0.2, 0) is 0 Å². The lowest BCUT2D eigenvalue weighted by Gasteiger charge is -2.11. The van der Waals surface area contributed by atoms with E-state index in [9.17, 15) is 4.79 Å². The molecule has 100 valence electrons. The van der Waals surface area contributed by atoms with E-state index in [1.54, 1.807) is 24.0 Å². The Morgan fingerprint density at radius 3 is 2.94 bits per heavy atom. The second kappa shape index (κ2) is 8.37. The van der Waals surface area contributed by atoms with Crippen molar-refractivity contribution in [3.8, 4) is 0 Å². The SMILES string of the molecule is CCCNc1ncc(Br)cc1C(=O)NCCSC. The summed E-state index contributed by atoms with van der Waals surface area (Å²) in [4.78, 5) is 16.3. The van der Waals surface area contributed by atoms with Gasteiger partial charge in [0.15, 0.2) is 0 Å². The molecule has 0 fully saturated rings. The molecule has 1 heterocycles.